The fourth-order valence-electron chi connectivity index (χ4n) is 5.63. The molecule has 0 spiro atoms. The molecule has 0 radical (unpaired) electrons. The Morgan fingerprint density at radius 1 is 0.857 bits per heavy atom. The minimum atomic E-state index is -1.54. The zero-order chi connectivity index (χ0) is 40.9. The topological polar surface area (TPSA) is 143 Å². The molecule has 3 aromatic carbocycles. The van der Waals surface area contributed by atoms with Crippen LogP contribution in [0.15, 0.2) is 66.7 Å². The first-order valence-corrected chi connectivity index (χ1v) is 17.6. The molecule has 1 unspecified atom stereocenters. The summed E-state index contributed by atoms with van der Waals surface area (Å²) in [4.78, 5) is 44.3. The van der Waals surface area contributed by atoms with Crippen molar-refractivity contribution in [2.45, 2.75) is 78.0 Å². The van der Waals surface area contributed by atoms with Gasteiger partial charge in [-0.3, -0.25) is 4.79 Å². The summed E-state index contributed by atoms with van der Waals surface area (Å²) >= 11 is 0. The molecule has 1 aliphatic heterocycles. The molecule has 2 amide bonds. The second-order valence-corrected chi connectivity index (χ2v) is 15.1. The predicted molar refractivity (Wildman–Crippen MR) is 199 cm³/mol. The third-order valence-electron chi connectivity index (χ3n) is 8.21. The molecular formula is C41H41F4N5O6. The van der Waals surface area contributed by atoms with Gasteiger partial charge < -0.3 is 29.7 Å². The molecule has 0 bridgehead atoms. The van der Waals surface area contributed by atoms with Crippen LogP contribution in [0, 0.1) is 28.8 Å². The molecular weight excluding hydrogens is 734 g/mol. The Balaban J connectivity index is 1.32. The van der Waals surface area contributed by atoms with Crippen LogP contribution in [0.1, 0.15) is 68.6 Å². The number of benzene rings is 3. The molecule has 0 saturated carbocycles. The van der Waals surface area contributed by atoms with Gasteiger partial charge in [0.05, 0.1) is 53.3 Å². The number of nitrogens with zero attached hydrogens (tertiary/aromatic N) is 3. The number of carbonyl (C=O) groups excluding carboxylic acids is 3. The van der Waals surface area contributed by atoms with Crippen molar-refractivity contribution in [2.24, 2.45) is 0 Å². The Kier molecular flexibility index (Phi) is 12.2. The average Bonchev–Trinajstić information content (AvgIpc) is 3.48. The fourth-order valence-corrected chi connectivity index (χ4v) is 5.63. The molecule has 2 atom stereocenters. The van der Waals surface area contributed by atoms with E-state index < -0.39 is 65.3 Å². The largest absolute Gasteiger partial charge is 0.473 e. The van der Waals surface area contributed by atoms with E-state index in [1.165, 1.54) is 53.4 Å². The van der Waals surface area contributed by atoms with Crippen molar-refractivity contribution in [3.05, 3.63) is 106 Å². The summed E-state index contributed by atoms with van der Waals surface area (Å²) in [6.45, 7) is 9.56. The summed E-state index contributed by atoms with van der Waals surface area (Å²) in [6, 6.07) is 15.1. The van der Waals surface area contributed by atoms with Crippen molar-refractivity contribution in [1.29, 1.82) is 5.26 Å². The molecule has 15 heteroatoms. The highest BCUT2D eigenvalue weighted by Crippen LogP contribution is 2.30. The van der Waals surface area contributed by atoms with E-state index in [1.54, 1.807) is 41.5 Å². The number of esters is 1. The maximum Gasteiger partial charge on any atom is 0.410 e. The number of nitriles is 1. The maximum absolute atomic E-state index is 15.5. The van der Waals surface area contributed by atoms with E-state index in [9.17, 15) is 18.8 Å². The van der Waals surface area contributed by atoms with Gasteiger partial charge >= 0.3 is 12.1 Å². The van der Waals surface area contributed by atoms with E-state index in [0.29, 0.717) is 0 Å². The number of rotatable bonds is 10. The quantitative estimate of drug-likeness (QED) is 0.121. The Hall–Kier alpha value is -6.17. The number of hydrogen-bond donors (Lipinski definition) is 2. The lowest BCUT2D eigenvalue weighted by Crippen LogP contribution is -2.36. The first kappa shape index (κ1) is 41.0. The second-order valence-electron chi connectivity index (χ2n) is 15.1. The van der Waals surface area contributed by atoms with E-state index in [0.717, 1.165) is 18.2 Å². The molecule has 5 rings (SSSR count). The Morgan fingerprint density at radius 3 is 2.25 bits per heavy atom. The predicted octanol–water partition coefficient (Wildman–Crippen LogP) is 8.12. The lowest BCUT2D eigenvalue weighted by molar-refractivity contribution is -0.115. The van der Waals surface area contributed by atoms with Gasteiger partial charge in [0, 0.05) is 29.3 Å². The zero-order valence-electron chi connectivity index (χ0n) is 31.6. The molecule has 2 N–H and O–H groups in total. The first-order valence-electron chi connectivity index (χ1n) is 17.6. The van der Waals surface area contributed by atoms with Crippen LogP contribution in [0.3, 0.4) is 0 Å². The molecule has 2 heterocycles. The van der Waals surface area contributed by atoms with Gasteiger partial charge in [0.2, 0.25) is 11.8 Å². The number of aromatic nitrogens is 1. The van der Waals surface area contributed by atoms with Crippen molar-refractivity contribution in [2.75, 3.05) is 23.7 Å². The van der Waals surface area contributed by atoms with E-state index >= 15 is 13.2 Å². The fraction of sp³-hybridized carbons (Fsp3) is 0.341. The zero-order valence-corrected chi connectivity index (χ0v) is 31.6. The van der Waals surface area contributed by atoms with Crippen molar-refractivity contribution in [3.8, 4) is 23.2 Å². The van der Waals surface area contributed by atoms with Crippen LogP contribution in [0.2, 0.25) is 0 Å². The van der Waals surface area contributed by atoms with E-state index in [-0.39, 0.29) is 70.5 Å². The number of pyridine rings is 1. The van der Waals surface area contributed by atoms with E-state index in [2.05, 4.69) is 15.6 Å². The molecule has 294 valence electrons. The number of alkyl halides is 1. The van der Waals surface area contributed by atoms with Gasteiger partial charge in [0.15, 0.2) is 0 Å². The van der Waals surface area contributed by atoms with Crippen molar-refractivity contribution >= 4 is 29.3 Å². The average molecular weight is 776 g/mol. The molecule has 0 aliphatic carbocycles. The van der Waals surface area contributed by atoms with Gasteiger partial charge in [0.1, 0.15) is 41.4 Å². The highest BCUT2D eigenvalue weighted by molar-refractivity contribution is 5.98. The lowest BCUT2D eigenvalue weighted by atomic mass is 10.0. The highest BCUT2D eigenvalue weighted by Gasteiger charge is 2.38. The van der Waals surface area contributed by atoms with Crippen molar-refractivity contribution in [1.82, 2.24) is 9.88 Å². The maximum atomic E-state index is 15.5. The lowest BCUT2D eigenvalue weighted by Gasteiger charge is -2.24. The number of halogens is 4. The van der Waals surface area contributed by atoms with Gasteiger partial charge in [-0.15, -0.1) is 0 Å². The number of likely N-dealkylation sites (tertiary alicyclic amines) is 1. The summed E-state index contributed by atoms with van der Waals surface area (Å²) in [7, 11) is 0. The van der Waals surface area contributed by atoms with Crippen LogP contribution in [0.4, 0.5) is 33.7 Å². The Morgan fingerprint density at radius 2 is 1.57 bits per heavy atom. The Bertz CT molecular complexity index is 2180. The molecule has 1 aromatic heterocycles. The molecule has 1 saturated heterocycles. The number of anilines is 2. The van der Waals surface area contributed by atoms with Crippen LogP contribution in [-0.4, -0.2) is 64.4 Å². The second kappa shape index (κ2) is 16.7. The standard InChI is InChI=1S/C41H41F4N5O6/c1-40(2,3)55-38(52)24-12-13-33(34(16-24)47-35-21-50(20-31(35)45)39(53)56-41(4,5)6)48-36(51)17-26-15-30(44)27(18-29(26)43)32-8-7-9-37(49-32)54-22-25-11-10-23(19-46)14-28(25)42/h7-16,18,31,35,47H,17,20-22H2,1-6H3,(H,48,51)/t31-,35?/m1/s1. The first-order chi connectivity index (χ1) is 26.3. The monoisotopic (exact) mass is 775 g/mol. The third-order valence-corrected chi connectivity index (χ3v) is 8.21. The molecule has 4 aromatic rings. The number of carbonyl (C=O) groups is 3. The Labute approximate surface area is 321 Å². The minimum Gasteiger partial charge on any atom is -0.473 e. The van der Waals surface area contributed by atoms with Crippen LogP contribution in [0.25, 0.3) is 11.3 Å². The van der Waals surface area contributed by atoms with Gasteiger partial charge in [-0.1, -0.05) is 12.1 Å². The molecule has 11 nitrogen and oxygen atoms in total. The van der Waals surface area contributed by atoms with Crippen LogP contribution >= 0.6 is 0 Å². The van der Waals surface area contributed by atoms with E-state index in [4.69, 9.17) is 19.5 Å². The van der Waals surface area contributed by atoms with Crippen LogP contribution < -0.4 is 15.4 Å². The molecule has 1 fully saturated rings. The SMILES string of the molecule is CC(C)(C)OC(=O)c1ccc(NC(=O)Cc2cc(F)c(-c3cccc(OCc4ccc(C#N)cc4F)n3)cc2F)c(NC2CN(C(=O)OC(C)(C)C)C[C@H]2F)c1. The van der Waals surface area contributed by atoms with Crippen LogP contribution in [0.5, 0.6) is 5.88 Å². The summed E-state index contributed by atoms with van der Waals surface area (Å²) in [6.07, 6.45) is -2.85. The summed E-state index contributed by atoms with van der Waals surface area (Å²) in [5, 5.41) is 14.5. The molecule has 56 heavy (non-hydrogen) atoms. The smallest absolute Gasteiger partial charge is 0.410 e. The summed E-state index contributed by atoms with van der Waals surface area (Å²) in [5.41, 5.74) is -1.49. The molecule has 1 aliphatic rings. The van der Waals surface area contributed by atoms with Crippen LogP contribution in [-0.2, 0) is 27.3 Å². The summed E-state index contributed by atoms with van der Waals surface area (Å²) in [5.74, 6) is -3.87. The van der Waals surface area contributed by atoms with Gasteiger partial charge in [-0.25, -0.2) is 32.1 Å². The highest BCUT2D eigenvalue weighted by atomic mass is 19.1. The number of nitrogens with one attached hydrogen (secondary N) is 2. The van der Waals surface area contributed by atoms with Gasteiger partial charge in [-0.2, -0.15) is 5.26 Å². The third kappa shape index (κ3) is 10.7. The van der Waals surface area contributed by atoms with Gasteiger partial charge in [-0.05, 0) is 90.1 Å². The minimum absolute atomic E-state index is 0.00542. The van der Waals surface area contributed by atoms with Crippen molar-refractivity contribution < 1.29 is 46.2 Å². The number of ether oxygens (including phenoxy) is 3. The number of amides is 2. The van der Waals surface area contributed by atoms with E-state index in [1.807, 2.05) is 6.07 Å². The van der Waals surface area contributed by atoms with Gasteiger partial charge in [0.25, 0.3) is 0 Å². The normalized spacial score (nSPS) is 15.5. The number of hydrogen-bond acceptors (Lipinski definition) is 9. The summed E-state index contributed by atoms with van der Waals surface area (Å²) < 4.78 is 76.9. The van der Waals surface area contributed by atoms with Crippen molar-refractivity contribution in [3.63, 3.8) is 0 Å².